The highest BCUT2D eigenvalue weighted by atomic mass is 32.2. The Balaban J connectivity index is 2.43. The second-order valence-electron chi connectivity index (χ2n) is 4.94. The average Bonchev–Trinajstić information content (AvgIpc) is 2.56. The van der Waals surface area contributed by atoms with Crippen LogP contribution in [0.3, 0.4) is 0 Å². The molecule has 0 N–H and O–H groups in total. The standard InChI is InChI=1S/C15H15FN2O5S/c1-17(10-11-5-3-4-6-13(11)16)24(21,22)15-8-7-12(23-2)9-14(15)18(19)20/h3-9H,10H2,1-2H3. The maximum atomic E-state index is 13.7. The smallest absolute Gasteiger partial charge is 0.293 e. The van der Waals surface area contributed by atoms with Crippen molar-refractivity contribution in [2.24, 2.45) is 0 Å². The van der Waals surface area contributed by atoms with E-state index in [2.05, 4.69) is 0 Å². The maximum Gasteiger partial charge on any atom is 0.293 e. The van der Waals surface area contributed by atoms with E-state index < -0.39 is 31.3 Å². The van der Waals surface area contributed by atoms with Crippen molar-refractivity contribution < 1.29 is 22.5 Å². The van der Waals surface area contributed by atoms with Crippen molar-refractivity contribution in [1.29, 1.82) is 0 Å². The van der Waals surface area contributed by atoms with Gasteiger partial charge in [0.2, 0.25) is 10.0 Å². The number of hydrogen-bond acceptors (Lipinski definition) is 5. The van der Waals surface area contributed by atoms with E-state index in [4.69, 9.17) is 4.74 Å². The Bertz CT molecular complexity index is 870. The molecule has 7 nitrogen and oxygen atoms in total. The number of halogens is 1. The summed E-state index contributed by atoms with van der Waals surface area (Å²) in [6, 6.07) is 9.18. The number of ether oxygens (including phenoxy) is 1. The van der Waals surface area contributed by atoms with Gasteiger partial charge in [0.15, 0.2) is 4.90 Å². The summed E-state index contributed by atoms with van der Waals surface area (Å²) in [4.78, 5) is 9.90. The van der Waals surface area contributed by atoms with Crippen LogP contribution in [0.25, 0.3) is 0 Å². The predicted octanol–water partition coefficient (Wildman–Crippen LogP) is 2.56. The molecular formula is C15H15FN2O5S. The molecule has 0 unspecified atom stereocenters. The minimum atomic E-state index is -4.19. The van der Waals surface area contributed by atoms with Crippen molar-refractivity contribution >= 4 is 15.7 Å². The van der Waals surface area contributed by atoms with E-state index in [1.165, 1.54) is 38.4 Å². The first kappa shape index (κ1) is 17.8. The molecule has 128 valence electrons. The highest BCUT2D eigenvalue weighted by Gasteiger charge is 2.30. The quantitative estimate of drug-likeness (QED) is 0.587. The van der Waals surface area contributed by atoms with Crippen LogP contribution in [0.1, 0.15) is 5.56 Å². The summed E-state index contributed by atoms with van der Waals surface area (Å²) in [6.45, 7) is -0.252. The molecule has 0 amide bonds. The zero-order chi connectivity index (χ0) is 17.9. The molecular weight excluding hydrogens is 339 g/mol. The van der Waals surface area contributed by atoms with Gasteiger partial charge in [-0.1, -0.05) is 18.2 Å². The molecule has 0 aliphatic carbocycles. The summed E-state index contributed by atoms with van der Waals surface area (Å²) in [5.41, 5.74) is -0.436. The van der Waals surface area contributed by atoms with Crippen molar-refractivity contribution in [3.8, 4) is 5.75 Å². The summed E-state index contributed by atoms with van der Waals surface area (Å²) in [7, 11) is -1.64. The summed E-state index contributed by atoms with van der Waals surface area (Å²) in [6.07, 6.45) is 0. The van der Waals surface area contributed by atoms with Gasteiger partial charge in [-0.3, -0.25) is 10.1 Å². The van der Waals surface area contributed by atoms with Gasteiger partial charge in [-0.2, -0.15) is 4.31 Å². The Labute approximate surface area is 138 Å². The largest absolute Gasteiger partial charge is 0.497 e. The number of hydrogen-bond donors (Lipinski definition) is 0. The molecule has 2 aromatic carbocycles. The Morgan fingerprint density at radius 1 is 1.25 bits per heavy atom. The van der Waals surface area contributed by atoms with E-state index in [9.17, 15) is 22.9 Å². The van der Waals surface area contributed by atoms with Crippen LogP contribution in [-0.4, -0.2) is 31.8 Å². The zero-order valence-electron chi connectivity index (χ0n) is 13.0. The van der Waals surface area contributed by atoms with Crippen LogP contribution in [0, 0.1) is 15.9 Å². The molecule has 0 saturated heterocycles. The second-order valence-corrected chi connectivity index (χ2v) is 6.96. The van der Waals surface area contributed by atoms with Crippen molar-refractivity contribution in [2.75, 3.05) is 14.2 Å². The highest BCUT2D eigenvalue weighted by molar-refractivity contribution is 7.89. The third-order valence-corrected chi connectivity index (χ3v) is 5.25. The number of rotatable bonds is 6. The molecule has 2 rings (SSSR count). The monoisotopic (exact) mass is 354 g/mol. The highest BCUT2D eigenvalue weighted by Crippen LogP contribution is 2.30. The van der Waals surface area contributed by atoms with Gasteiger partial charge in [0.25, 0.3) is 5.69 Å². The normalized spacial score (nSPS) is 11.5. The Morgan fingerprint density at radius 3 is 2.50 bits per heavy atom. The molecule has 0 atom stereocenters. The fourth-order valence-corrected chi connectivity index (χ4v) is 3.39. The van der Waals surface area contributed by atoms with Crippen molar-refractivity contribution in [3.05, 3.63) is 64.0 Å². The van der Waals surface area contributed by atoms with E-state index in [0.717, 1.165) is 16.4 Å². The molecule has 0 aliphatic rings. The van der Waals surface area contributed by atoms with Gasteiger partial charge in [0.05, 0.1) is 18.1 Å². The Hall–Kier alpha value is -2.52. The van der Waals surface area contributed by atoms with Crippen LogP contribution in [-0.2, 0) is 16.6 Å². The molecule has 0 fully saturated rings. The van der Waals surface area contributed by atoms with Crippen molar-refractivity contribution in [2.45, 2.75) is 11.4 Å². The van der Waals surface area contributed by atoms with Crippen molar-refractivity contribution in [3.63, 3.8) is 0 Å². The topological polar surface area (TPSA) is 89.8 Å². The van der Waals surface area contributed by atoms with Crippen LogP contribution >= 0.6 is 0 Å². The second kappa shape index (κ2) is 6.93. The predicted molar refractivity (Wildman–Crippen MR) is 84.7 cm³/mol. The van der Waals surface area contributed by atoms with Gasteiger partial charge >= 0.3 is 0 Å². The van der Waals surface area contributed by atoms with E-state index in [0.29, 0.717) is 0 Å². The number of nitro groups is 1. The lowest BCUT2D eigenvalue weighted by molar-refractivity contribution is -0.387. The minimum absolute atomic E-state index is 0.164. The number of sulfonamides is 1. The number of benzene rings is 2. The molecule has 9 heteroatoms. The first-order chi connectivity index (χ1) is 11.3. The van der Waals surface area contributed by atoms with Gasteiger partial charge in [-0.15, -0.1) is 0 Å². The van der Waals surface area contributed by atoms with Crippen LogP contribution < -0.4 is 4.74 Å². The Morgan fingerprint density at radius 2 is 1.92 bits per heavy atom. The summed E-state index contributed by atoms with van der Waals surface area (Å²) >= 11 is 0. The maximum absolute atomic E-state index is 13.7. The van der Waals surface area contributed by atoms with Crippen LogP contribution in [0.2, 0.25) is 0 Å². The Kier molecular flexibility index (Phi) is 5.15. The van der Waals surface area contributed by atoms with Gasteiger partial charge in [0.1, 0.15) is 11.6 Å². The molecule has 0 bridgehead atoms. The first-order valence-corrected chi connectivity index (χ1v) is 8.23. The molecule has 0 heterocycles. The van der Waals surface area contributed by atoms with Gasteiger partial charge < -0.3 is 4.74 Å². The van der Waals surface area contributed by atoms with Gasteiger partial charge in [-0.05, 0) is 18.2 Å². The molecule has 0 aromatic heterocycles. The molecule has 0 aliphatic heterocycles. The van der Waals surface area contributed by atoms with Gasteiger partial charge in [0, 0.05) is 19.2 Å². The van der Waals surface area contributed by atoms with Gasteiger partial charge in [-0.25, -0.2) is 12.8 Å². The fraction of sp³-hybridized carbons (Fsp3) is 0.200. The van der Waals surface area contributed by atoms with E-state index >= 15 is 0 Å². The fourth-order valence-electron chi connectivity index (χ4n) is 2.10. The number of nitrogens with zero attached hydrogens (tertiary/aromatic N) is 2. The third-order valence-electron chi connectivity index (χ3n) is 3.40. The average molecular weight is 354 g/mol. The molecule has 0 radical (unpaired) electrons. The lowest BCUT2D eigenvalue weighted by Crippen LogP contribution is -2.27. The lowest BCUT2D eigenvalue weighted by atomic mass is 10.2. The number of nitro benzene ring substituents is 1. The minimum Gasteiger partial charge on any atom is -0.497 e. The van der Waals surface area contributed by atoms with Crippen LogP contribution in [0.15, 0.2) is 47.4 Å². The van der Waals surface area contributed by atoms with Crippen LogP contribution in [0.5, 0.6) is 5.75 Å². The molecule has 0 spiro atoms. The SMILES string of the molecule is COc1ccc(S(=O)(=O)N(C)Cc2ccccc2F)c([N+](=O)[O-])c1. The number of methoxy groups -OCH3 is 1. The zero-order valence-corrected chi connectivity index (χ0v) is 13.8. The summed E-state index contributed by atoms with van der Waals surface area (Å²) in [5, 5.41) is 11.2. The third kappa shape index (κ3) is 3.52. The first-order valence-electron chi connectivity index (χ1n) is 6.79. The van der Waals surface area contributed by atoms with Crippen LogP contribution in [0.4, 0.5) is 10.1 Å². The van der Waals surface area contributed by atoms with E-state index in [1.54, 1.807) is 6.07 Å². The van der Waals surface area contributed by atoms with Crippen molar-refractivity contribution in [1.82, 2.24) is 4.31 Å². The summed E-state index contributed by atoms with van der Waals surface area (Å²) in [5.74, 6) is -0.388. The summed E-state index contributed by atoms with van der Waals surface area (Å²) < 4.78 is 44.7. The molecule has 2 aromatic rings. The molecule has 0 saturated carbocycles. The van der Waals surface area contributed by atoms with E-state index in [-0.39, 0.29) is 17.9 Å². The molecule has 24 heavy (non-hydrogen) atoms. The van der Waals surface area contributed by atoms with E-state index in [1.807, 2.05) is 0 Å². The lowest BCUT2D eigenvalue weighted by Gasteiger charge is -2.18.